The number of aliphatic hydroxyl groups excluding tert-OH is 1. The molecule has 1 N–H and O–H groups in total. The van der Waals surface area contributed by atoms with E-state index in [1.165, 1.54) is 6.07 Å². The lowest BCUT2D eigenvalue weighted by Crippen LogP contribution is -2.11. The number of fused-ring (bicyclic) bond motifs is 4. The van der Waals surface area contributed by atoms with Crippen LogP contribution < -0.4 is 0 Å². The molecule has 0 radical (unpaired) electrons. The number of aliphatic hydroxyl groups is 1. The Balaban J connectivity index is 1.36. The first-order chi connectivity index (χ1) is 15.2. The largest absolute Gasteiger partial charge is 0.456 e. The van der Waals surface area contributed by atoms with Crippen molar-refractivity contribution in [2.24, 2.45) is 0 Å². The molecule has 31 heavy (non-hydrogen) atoms. The van der Waals surface area contributed by atoms with Gasteiger partial charge in [0.1, 0.15) is 17.2 Å². The molecule has 3 aromatic carbocycles. The minimum absolute atomic E-state index is 0.0944. The summed E-state index contributed by atoms with van der Waals surface area (Å²) in [6.07, 6.45) is 2.99. The summed E-state index contributed by atoms with van der Waals surface area (Å²) in [5.74, 6) is 0.209. The lowest BCUT2D eigenvalue weighted by Gasteiger charge is -2.19. The van der Waals surface area contributed by atoms with E-state index in [1.807, 2.05) is 54.7 Å². The van der Waals surface area contributed by atoms with Gasteiger partial charge < -0.3 is 14.1 Å². The van der Waals surface area contributed by atoms with Crippen LogP contribution in [0.3, 0.4) is 0 Å². The van der Waals surface area contributed by atoms with Crippen molar-refractivity contribution in [2.45, 2.75) is 18.6 Å². The summed E-state index contributed by atoms with van der Waals surface area (Å²) < 4.78 is 22.9. The molecule has 0 aliphatic carbocycles. The maximum absolute atomic E-state index is 14.9. The van der Waals surface area contributed by atoms with Crippen LogP contribution in [0.15, 0.2) is 89.7 Å². The number of nitrogens with zero attached hydrogens (tertiary/aromatic N) is 2. The molecule has 0 amide bonds. The van der Waals surface area contributed by atoms with Gasteiger partial charge in [0.05, 0.1) is 30.4 Å². The van der Waals surface area contributed by atoms with Crippen LogP contribution >= 0.6 is 0 Å². The van der Waals surface area contributed by atoms with Crippen LogP contribution in [0.25, 0.3) is 33.6 Å². The Kier molecular flexibility index (Phi) is 4.04. The molecule has 0 spiro atoms. The molecular weight excluding hydrogens is 391 g/mol. The zero-order valence-corrected chi connectivity index (χ0v) is 16.6. The topological polar surface area (TPSA) is 51.2 Å². The highest BCUT2D eigenvalue weighted by Gasteiger charge is 2.31. The average molecular weight is 410 g/mol. The fourth-order valence-electron chi connectivity index (χ4n) is 4.59. The molecule has 0 saturated carbocycles. The second-order valence-corrected chi connectivity index (χ2v) is 7.93. The number of rotatable bonds is 4. The van der Waals surface area contributed by atoms with Gasteiger partial charge in [0, 0.05) is 34.6 Å². The van der Waals surface area contributed by atoms with Crippen LogP contribution in [0.5, 0.6) is 0 Å². The number of furan rings is 1. The van der Waals surface area contributed by atoms with E-state index in [-0.39, 0.29) is 11.6 Å². The molecule has 5 aromatic rings. The van der Waals surface area contributed by atoms with E-state index in [9.17, 15) is 9.50 Å². The Morgan fingerprint density at radius 3 is 2.71 bits per heavy atom. The third-order valence-corrected chi connectivity index (χ3v) is 6.10. The van der Waals surface area contributed by atoms with Crippen molar-refractivity contribution < 1.29 is 13.9 Å². The first-order valence-electron chi connectivity index (χ1n) is 10.3. The van der Waals surface area contributed by atoms with Crippen LogP contribution in [0.4, 0.5) is 4.39 Å². The molecule has 3 heterocycles. The fourth-order valence-corrected chi connectivity index (χ4v) is 4.59. The lowest BCUT2D eigenvalue weighted by atomic mass is 9.95. The average Bonchev–Trinajstić information content (AvgIpc) is 3.50. The van der Waals surface area contributed by atoms with Crippen LogP contribution in [0.1, 0.15) is 29.7 Å². The van der Waals surface area contributed by atoms with E-state index in [1.54, 1.807) is 12.4 Å². The molecule has 0 unspecified atom stereocenters. The van der Waals surface area contributed by atoms with Gasteiger partial charge in [0.25, 0.3) is 0 Å². The van der Waals surface area contributed by atoms with E-state index < -0.39 is 11.9 Å². The van der Waals surface area contributed by atoms with Crippen LogP contribution in [0, 0.1) is 5.82 Å². The molecule has 152 valence electrons. The minimum atomic E-state index is -0.967. The van der Waals surface area contributed by atoms with Crippen LogP contribution in [0.2, 0.25) is 0 Å². The second kappa shape index (κ2) is 6.93. The number of aromatic nitrogens is 2. The predicted octanol–water partition coefficient (Wildman–Crippen LogP) is 6.13. The summed E-state index contributed by atoms with van der Waals surface area (Å²) >= 11 is 0. The number of benzene rings is 3. The van der Waals surface area contributed by atoms with Crippen molar-refractivity contribution >= 4 is 11.0 Å². The monoisotopic (exact) mass is 410 g/mol. The van der Waals surface area contributed by atoms with Crippen molar-refractivity contribution in [3.63, 3.8) is 0 Å². The highest BCUT2D eigenvalue weighted by molar-refractivity contribution is 5.83. The normalized spacial score (nSPS) is 15.7. The standard InChI is InChI=1S/C26H19FN2O2/c27-21-12-26-17(11-25(31-26)16-6-2-1-3-7-16)10-20(21)24(30)13-22-18-8-4-5-9-19(18)23-14-28-15-29(22)23/h1-12,14-15,22,24,30H,13H2/t22-,24+/m1/s1. The summed E-state index contributed by atoms with van der Waals surface area (Å²) in [5.41, 5.74) is 4.92. The molecule has 0 saturated heterocycles. The van der Waals surface area contributed by atoms with E-state index in [0.717, 1.165) is 27.8 Å². The van der Waals surface area contributed by atoms with Crippen LogP contribution in [-0.2, 0) is 0 Å². The SMILES string of the molecule is O[C@@H](C[C@@H]1c2ccccc2-c2cncn21)c1cc2cc(-c3ccccc3)oc2cc1F. The van der Waals surface area contributed by atoms with Crippen molar-refractivity contribution in [1.82, 2.24) is 9.55 Å². The zero-order chi connectivity index (χ0) is 20.9. The Labute approximate surface area is 178 Å². The van der Waals surface area contributed by atoms with Gasteiger partial charge in [-0.25, -0.2) is 9.37 Å². The van der Waals surface area contributed by atoms with Gasteiger partial charge in [-0.15, -0.1) is 0 Å². The van der Waals surface area contributed by atoms with E-state index in [0.29, 0.717) is 17.8 Å². The van der Waals surface area contributed by atoms with Crippen molar-refractivity contribution in [2.75, 3.05) is 0 Å². The second-order valence-electron chi connectivity index (χ2n) is 7.93. The van der Waals surface area contributed by atoms with Gasteiger partial charge in [0.2, 0.25) is 0 Å². The van der Waals surface area contributed by atoms with Crippen LogP contribution in [-0.4, -0.2) is 14.7 Å². The maximum atomic E-state index is 14.9. The quantitative estimate of drug-likeness (QED) is 0.388. The summed E-state index contributed by atoms with van der Waals surface area (Å²) in [7, 11) is 0. The Morgan fingerprint density at radius 2 is 1.84 bits per heavy atom. The number of halogens is 1. The van der Waals surface area contributed by atoms with Gasteiger partial charge in [-0.2, -0.15) is 0 Å². The predicted molar refractivity (Wildman–Crippen MR) is 117 cm³/mol. The molecule has 1 aliphatic rings. The summed E-state index contributed by atoms with van der Waals surface area (Å²) in [5, 5.41) is 11.8. The molecule has 6 rings (SSSR count). The van der Waals surface area contributed by atoms with Gasteiger partial charge in [0.15, 0.2) is 0 Å². The van der Waals surface area contributed by atoms with Gasteiger partial charge in [-0.05, 0) is 17.7 Å². The zero-order valence-electron chi connectivity index (χ0n) is 16.6. The molecule has 0 bridgehead atoms. The maximum Gasteiger partial charge on any atom is 0.137 e. The lowest BCUT2D eigenvalue weighted by molar-refractivity contribution is 0.149. The van der Waals surface area contributed by atoms with Gasteiger partial charge >= 0.3 is 0 Å². The first kappa shape index (κ1) is 18.1. The van der Waals surface area contributed by atoms with Crippen molar-refractivity contribution in [3.8, 4) is 22.6 Å². The Hall–Kier alpha value is -3.70. The van der Waals surface area contributed by atoms with Crippen molar-refractivity contribution in [1.29, 1.82) is 0 Å². The summed E-state index contributed by atoms with van der Waals surface area (Å²) in [6.45, 7) is 0. The Bertz CT molecular complexity index is 1400. The third-order valence-electron chi connectivity index (χ3n) is 6.10. The van der Waals surface area contributed by atoms with E-state index in [4.69, 9.17) is 4.42 Å². The smallest absolute Gasteiger partial charge is 0.137 e. The number of hydrogen-bond acceptors (Lipinski definition) is 3. The minimum Gasteiger partial charge on any atom is -0.456 e. The van der Waals surface area contributed by atoms with E-state index in [2.05, 4.69) is 21.7 Å². The fraction of sp³-hybridized carbons (Fsp3) is 0.115. The highest BCUT2D eigenvalue weighted by Crippen LogP contribution is 2.43. The van der Waals surface area contributed by atoms with E-state index >= 15 is 0 Å². The molecule has 5 heteroatoms. The third kappa shape index (κ3) is 2.89. The molecule has 2 aromatic heterocycles. The van der Waals surface area contributed by atoms with Crippen molar-refractivity contribution in [3.05, 3.63) is 102 Å². The summed E-state index contributed by atoms with van der Waals surface area (Å²) in [6, 6.07) is 22.6. The molecule has 1 aliphatic heterocycles. The molecule has 2 atom stereocenters. The number of imidazole rings is 1. The number of hydrogen-bond donors (Lipinski definition) is 1. The van der Waals surface area contributed by atoms with Gasteiger partial charge in [-0.3, -0.25) is 0 Å². The molecular formula is C26H19FN2O2. The highest BCUT2D eigenvalue weighted by atomic mass is 19.1. The first-order valence-corrected chi connectivity index (χ1v) is 10.3. The molecule has 4 nitrogen and oxygen atoms in total. The Morgan fingerprint density at radius 1 is 1.03 bits per heavy atom. The van der Waals surface area contributed by atoms with Gasteiger partial charge in [-0.1, -0.05) is 54.6 Å². The summed E-state index contributed by atoms with van der Waals surface area (Å²) in [4.78, 5) is 4.26. The molecule has 0 fully saturated rings.